The highest BCUT2D eigenvalue weighted by molar-refractivity contribution is 7.99. The second-order valence-electron chi connectivity index (χ2n) is 3.89. The van der Waals surface area contributed by atoms with Crippen molar-refractivity contribution in [3.63, 3.8) is 0 Å². The molecule has 0 saturated carbocycles. The predicted octanol–water partition coefficient (Wildman–Crippen LogP) is 1.04. The summed E-state index contributed by atoms with van der Waals surface area (Å²) in [6.45, 7) is 1.58. The van der Waals surface area contributed by atoms with Crippen LogP contribution in [0.5, 0.6) is 0 Å². The minimum Gasteiger partial charge on any atom is -0.345 e. The first-order chi connectivity index (χ1) is 7.57. The minimum absolute atomic E-state index is 0.132. The molecular weight excluding hydrogens is 222 g/mol. The van der Waals surface area contributed by atoms with E-state index in [2.05, 4.69) is 4.90 Å². The lowest BCUT2D eigenvalue weighted by atomic mass is 10.3. The second kappa shape index (κ2) is 9.49. The molecule has 0 aliphatic rings. The van der Waals surface area contributed by atoms with Gasteiger partial charge in [0.1, 0.15) is 0 Å². The van der Waals surface area contributed by atoms with Crippen LogP contribution < -0.4 is 0 Å². The molecule has 0 heterocycles. The fraction of sp³-hybridized carbons (Fsp3) is 0.818. The molecule has 0 unspecified atom stereocenters. The maximum absolute atomic E-state index is 11.5. The molecule has 92 valence electrons. The Morgan fingerprint density at radius 1 is 1.25 bits per heavy atom. The Morgan fingerprint density at radius 3 is 2.50 bits per heavy atom. The van der Waals surface area contributed by atoms with Gasteiger partial charge in [0.25, 0.3) is 0 Å². The smallest absolute Gasteiger partial charge is 0.223 e. The van der Waals surface area contributed by atoms with Crippen molar-refractivity contribution < 1.29 is 4.79 Å². The average Bonchev–Trinajstić information content (AvgIpc) is 2.24. The van der Waals surface area contributed by atoms with Gasteiger partial charge in [0, 0.05) is 38.1 Å². The van der Waals surface area contributed by atoms with Crippen molar-refractivity contribution in [1.82, 2.24) is 9.80 Å². The van der Waals surface area contributed by atoms with Crippen LogP contribution in [0.25, 0.3) is 0 Å². The van der Waals surface area contributed by atoms with Gasteiger partial charge in [-0.2, -0.15) is 17.0 Å². The van der Waals surface area contributed by atoms with E-state index in [4.69, 9.17) is 5.26 Å². The van der Waals surface area contributed by atoms with Crippen LogP contribution in [-0.2, 0) is 4.79 Å². The number of nitrogens with zero attached hydrogens (tertiary/aromatic N) is 3. The summed E-state index contributed by atoms with van der Waals surface area (Å²) in [6.07, 6.45) is 0.982. The Kier molecular flexibility index (Phi) is 9.06. The van der Waals surface area contributed by atoms with Gasteiger partial charge >= 0.3 is 0 Å². The number of hydrogen-bond acceptors (Lipinski definition) is 4. The van der Waals surface area contributed by atoms with Gasteiger partial charge in [-0.3, -0.25) is 4.79 Å². The van der Waals surface area contributed by atoms with Crippen LogP contribution >= 0.6 is 11.8 Å². The van der Waals surface area contributed by atoms with Crippen molar-refractivity contribution in [3.8, 4) is 6.07 Å². The lowest BCUT2D eigenvalue weighted by molar-refractivity contribution is -0.129. The van der Waals surface area contributed by atoms with E-state index in [1.807, 2.05) is 20.2 Å². The third kappa shape index (κ3) is 8.57. The van der Waals surface area contributed by atoms with Gasteiger partial charge in [-0.15, -0.1) is 0 Å². The molecule has 16 heavy (non-hydrogen) atoms. The zero-order chi connectivity index (χ0) is 12.4. The van der Waals surface area contributed by atoms with E-state index in [0.717, 1.165) is 18.1 Å². The quantitative estimate of drug-likeness (QED) is 0.598. The Balaban J connectivity index is 3.46. The molecular formula is C11H21N3OS. The number of amides is 1. The lowest BCUT2D eigenvalue weighted by Crippen LogP contribution is -2.27. The van der Waals surface area contributed by atoms with Crippen LogP contribution in [-0.4, -0.2) is 61.4 Å². The highest BCUT2D eigenvalue weighted by Gasteiger charge is 2.07. The summed E-state index contributed by atoms with van der Waals surface area (Å²) in [5.74, 6) is 2.05. The van der Waals surface area contributed by atoms with Crippen molar-refractivity contribution in [2.45, 2.75) is 12.8 Å². The number of hydrogen-bond donors (Lipinski definition) is 0. The fourth-order valence-electron chi connectivity index (χ4n) is 1.04. The predicted molar refractivity (Wildman–Crippen MR) is 68.4 cm³/mol. The molecule has 0 N–H and O–H groups in total. The van der Waals surface area contributed by atoms with Crippen LogP contribution in [0.3, 0.4) is 0 Å². The zero-order valence-corrected chi connectivity index (χ0v) is 11.2. The molecule has 0 radical (unpaired) electrons. The van der Waals surface area contributed by atoms with Crippen LogP contribution in [0, 0.1) is 11.3 Å². The van der Waals surface area contributed by atoms with Gasteiger partial charge in [-0.25, -0.2) is 0 Å². The van der Waals surface area contributed by atoms with E-state index < -0.39 is 0 Å². The maximum Gasteiger partial charge on any atom is 0.223 e. The highest BCUT2D eigenvalue weighted by atomic mass is 32.2. The molecule has 0 bridgehead atoms. The molecule has 0 saturated heterocycles. The monoisotopic (exact) mass is 243 g/mol. The summed E-state index contributed by atoms with van der Waals surface area (Å²) in [4.78, 5) is 15.3. The molecule has 0 rings (SSSR count). The largest absolute Gasteiger partial charge is 0.345 e. The molecule has 0 aromatic rings. The minimum atomic E-state index is 0.132. The Morgan fingerprint density at radius 2 is 1.94 bits per heavy atom. The maximum atomic E-state index is 11.5. The number of nitriles is 1. The average molecular weight is 243 g/mol. The molecule has 4 nitrogen and oxygen atoms in total. The Hall–Kier alpha value is -0.730. The van der Waals surface area contributed by atoms with Gasteiger partial charge < -0.3 is 9.80 Å². The summed E-state index contributed by atoms with van der Waals surface area (Å²) in [5, 5.41) is 8.40. The lowest BCUT2D eigenvalue weighted by Gasteiger charge is -2.15. The zero-order valence-electron chi connectivity index (χ0n) is 10.4. The number of thioether (sulfide) groups is 1. The van der Waals surface area contributed by atoms with E-state index >= 15 is 0 Å². The standard InChI is InChI=1S/C11H21N3OS/c1-13(2)8-10-16-9-5-11(15)14(3)7-4-6-12/h4-5,7-10H2,1-3H3. The Bertz CT molecular complexity index is 238. The number of carbonyl (C=O) groups is 1. The Labute approximate surface area is 103 Å². The van der Waals surface area contributed by atoms with Crippen LogP contribution in [0.1, 0.15) is 12.8 Å². The highest BCUT2D eigenvalue weighted by Crippen LogP contribution is 2.04. The van der Waals surface area contributed by atoms with Crippen molar-refractivity contribution >= 4 is 17.7 Å². The number of carbonyl (C=O) groups excluding carboxylic acids is 1. The summed E-state index contributed by atoms with van der Waals surface area (Å²) < 4.78 is 0. The normalized spacial score (nSPS) is 10.2. The second-order valence-corrected chi connectivity index (χ2v) is 5.11. The summed E-state index contributed by atoms with van der Waals surface area (Å²) >= 11 is 1.80. The van der Waals surface area contributed by atoms with Crippen molar-refractivity contribution in [1.29, 1.82) is 5.26 Å². The summed E-state index contributed by atoms with van der Waals surface area (Å²) in [5.41, 5.74) is 0. The van der Waals surface area contributed by atoms with Crippen LogP contribution in [0.4, 0.5) is 0 Å². The first-order valence-corrected chi connectivity index (χ1v) is 6.56. The molecule has 0 fully saturated rings. The summed E-state index contributed by atoms with van der Waals surface area (Å²) in [6, 6.07) is 2.04. The first-order valence-electron chi connectivity index (χ1n) is 5.41. The molecule has 0 aromatic heterocycles. The molecule has 0 aromatic carbocycles. The van der Waals surface area contributed by atoms with Crippen molar-refractivity contribution in [2.24, 2.45) is 0 Å². The van der Waals surface area contributed by atoms with Crippen LogP contribution in [0.15, 0.2) is 0 Å². The number of rotatable bonds is 8. The third-order valence-corrected chi connectivity index (χ3v) is 3.09. The van der Waals surface area contributed by atoms with Gasteiger partial charge in [0.05, 0.1) is 12.5 Å². The molecule has 1 amide bonds. The topological polar surface area (TPSA) is 47.3 Å². The third-order valence-electron chi connectivity index (χ3n) is 2.13. The molecule has 0 spiro atoms. The van der Waals surface area contributed by atoms with Crippen molar-refractivity contribution in [2.75, 3.05) is 45.7 Å². The van der Waals surface area contributed by atoms with Crippen LogP contribution in [0.2, 0.25) is 0 Å². The van der Waals surface area contributed by atoms with Gasteiger partial charge in [0.2, 0.25) is 5.91 Å². The molecule has 0 aliphatic carbocycles. The van der Waals surface area contributed by atoms with Gasteiger partial charge in [-0.1, -0.05) is 0 Å². The van der Waals surface area contributed by atoms with Gasteiger partial charge in [0.15, 0.2) is 0 Å². The van der Waals surface area contributed by atoms with E-state index in [-0.39, 0.29) is 5.91 Å². The van der Waals surface area contributed by atoms with E-state index in [0.29, 0.717) is 19.4 Å². The SMILES string of the molecule is CN(C)CCSCCC(=O)N(C)CCC#N. The van der Waals surface area contributed by atoms with E-state index in [1.54, 1.807) is 23.7 Å². The van der Waals surface area contributed by atoms with Gasteiger partial charge in [-0.05, 0) is 14.1 Å². The van der Waals surface area contributed by atoms with E-state index in [1.165, 1.54) is 0 Å². The summed E-state index contributed by atoms with van der Waals surface area (Å²) in [7, 11) is 5.84. The fourth-order valence-corrected chi connectivity index (χ4v) is 2.06. The molecule has 5 heteroatoms. The first kappa shape index (κ1) is 15.3. The molecule has 0 atom stereocenters. The van der Waals surface area contributed by atoms with Crippen molar-refractivity contribution in [3.05, 3.63) is 0 Å². The van der Waals surface area contributed by atoms with E-state index in [9.17, 15) is 4.79 Å². The molecule has 0 aliphatic heterocycles.